The molecular formula is C16H13F3N2O2. The van der Waals surface area contributed by atoms with Crippen molar-refractivity contribution < 1.29 is 18.0 Å². The van der Waals surface area contributed by atoms with Gasteiger partial charge in [-0.15, -0.1) is 0 Å². The Morgan fingerprint density at radius 2 is 1.96 bits per heavy atom. The number of benzene rings is 1. The Balaban J connectivity index is 1.83. The minimum Gasteiger partial charge on any atom is -0.328 e. The molecular weight excluding hydrogens is 309 g/mol. The van der Waals surface area contributed by atoms with E-state index in [1.165, 1.54) is 0 Å². The molecule has 120 valence electrons. The van der Waals surface area contributed by atoms with E-state index in [-0.39, 0.29) is 5.56 Å². The van der Waals surface area contributed by atoms with Crippen LogP contribution in [0.3, 0.4) is 0 Å². The summed E-state index contributed by atoms with van der Waals surface area (Å²) in [5, 5.41) is 2.55. The molecule has 1 aliphatic carbocycles. The zero-order valence-corrected chi connectivity index (χ0v) is 11.9. The Bertz CT molecular complexity index is 807. The van der Waals surface area contributed by atoms with E-state index in [9.17, 15) is 22.8 Å². The van der Waals surface area contributed by atoms with Crippen LogP contribution in [0, 0.1) is 0 Å². The number of hydrogen-bond donors (Lipinski definition) is 2. The molecule has 1 amide bonds. The van der Waals surface area contributed by atoms with E-state index in [1.54, 1.807) is 12.1 Å². The van der Waals surface area contributed by atoms with Gasteiger partial charge in [0.2, 0.25) is 0 Å². The van der Waals surface area contributed by atoms with Crippen molar-refractivity contribution in [1.82, 2.24) is 4.98 Å². The first-order valence-electron chi connectivity index (χ1n) is 7.06. The highest BCUT2D eigenvalue weighted by Crippen LogP contribution is 2.40. The van der Waals surface area contributed by atoms with Crippen LogP contribution in [0.25, 0.3) is 0 Å². The lowest BCUT2D eigenvalue weighted by Crippen LogP contribution is -2.23. The van der Waals surface area contributed by atoms with Gasteiger partial charge in [-0.25, -0.2) is 0 Å². The fraction of sp³-hybridized carbons (Fsp3) is 0.250. The predicted molar refractivity (Wildman–Crippen MR) is 78.4 cm³/mol. The second kappa shape index (κ2) is 5.57. The van der Waals surface area contributed by atoms with Gasteiger partial charge in [-0.1, -0.05) is 12.1 Å². The maximum atomic E-state index is 12.7. The first-order chi connectivity index (χ1) is 10.8. The molecule has 1 aromatic carbocycles. The smallest absolute Gasteiger partial charge is 0.328 e. The lowest BCUT2D eigenvalue weighted by Gasteiger charge is -2.09. The standard InChI is InChI=1S/C16H13F3N2O2/c17-16(18,19)13-7-11(8-20-15(13)23)14(22)21-12-3-1-2-10(6-12)9-4-5-9/h1-3,6-9H,4-5H2,(H,20,23)(H,21,22). The van der Waals surface area contributed by atoms with Crippen LogP contribution < -0.4 is 10.9 Å². The second-order valence-corrected chi connectivity index (χ2v) is 5.48. The van der Waals surface area contributed by atoms with Gasteiger partial charge in [-0.2, -0.15) is 13.2 Å². The molecule has 0 radical (unpaired) electrons. The maximum absolute atomic E-state index is 12.7. The highest BCUT2D eigenvalue weighted by molar-refractivity contribution is 6.04. The normalized spacial score (nSPS) is 14.6. The first-order valence-corrected chi connectivity index (χ1v) is 7.06. The molecule has 0 saturated heterocycles. The number of halogens is 3. The van der Waals surface area contributed by atoms with Crippen molar-refractivity contribution in [1.29, 1.82) is 0 Å². The van der Waals surface area contributed by atoms with Crippen molar-refractivity contribution in [2.45, 2.75) is 24.9 Å². The van der Waals surface area contributed by atoms with Crippen LogP contribution in [0.1, 0.15) is 40.2 Å². The van der Waals surface area contributed by atoms with Gasteiger partial charge < -0.3 is 10.3 Å². The fourth-order valence-electron chi connectivity index (χ4n) is 2.32. The monoisotopic (exact) mass is 322 g/mol. The molecule has 1 saturated carbocycles. The molecule has 1 aliphatic rings. The zero-order chi connectivity index (χ0) is 16.6. The molecule has 2 aromatic rings. The van der Waals surface area contributed by atoms with Crippen LogP contribution in [-0.2, 0) is 6.18 Å². The lowest BCUT2D eigenvalue weighted by molar-refractivity contribution is -0.138. The summed E-state index contributed by atoms with van der Waals surface area (Å²) >= 11 is 0. The number of nitrogens with one attached hydrogen (secondary N) is 2. The summed E-state index contributed by atoms with van der Waals surface area (Å²) in [6, 6.07) is 7.78. The topological polar surface area (TPSA) is 62.0 Å². The first kappa shape index (κ1) is 15.3. The third kappa shape index (κ3) is 3.44. The third-order valence-corrected chi connectivity index (χ3v) is 3.66. The molecule has 0 aliphatic heterocycles. The fourth-order valence-corrected chi connectivity index (χ4v) is 2.32. The molecule has 0 atom stereocenters. The van der Waals surface area contributed by atoms with Gasteiger partial charge in [0.25, 0.3) is 11.5 Å². The Hall–Kier alpha value is -2.57. The summed E-state index contributed by atoms with van der Waals surface area (Å²) < 4.78 is 38.1. The Morgan fingerprint density at radius 1 is 1.22 bits per heavy atom. The summed E-state index contributed by atoms with van der Waals surface area (Å²) in [4.78, 5) is 25.3. The van der Waals surface area contributed by atoms with Crippen LogP contribution >= 0.6 is 0 Å². The Morgan fingerprint density at radius 3 is 2.61 bits per heavy atom. The number of aromatic nitrogens is 1. The average Bonchev–Trinajstić information content (AvgIpc) is 3.31. The maximum Gasteiger partial charge on any atom is 0.421 e. The van der Waals surface area contributed by atoms with Crippen molar-refractivity contribution >= 4 is 11.6 Å². The van der Waals surface area contributed by atoms with E-state index in [4.69, 9.17) is 0 Å². The van der Waals surface area contributed by atoms with Crippen LogP contribution in [0.15, 0.2) is 41.3 Å². The van der Waals surface area contributed by atoms with Gasteiger partial charge in [-0.3, -0.25) is 9.59 Å². The van der Waals surface area contributed by atoms with Crippen molar-refractivity contribution in [3.63, 3.8) is 0 Å². The minimum atomic E-state index is -4.81. The van der Waals surface area contributed by atoms with Gasteiger partial charge in [0.1, 0.15) is 5.56 Å². The number of carbonyl (C=O) groups excluding carboxylic acids is 1. The molecule has 0 bridgehead atoms. The van der Waals surface area contributed by atoms with E-state index in [1.807, 2.05) is 17.1 Å². The number of rotatable bonds is 3. The van der Waals surface area contributed by atoms with Crippen LogP contribution in [0.5, 0.6) is 0 Å². The highest BCUT2D eigenvalue weighted by atomic mass is 19.4. The second-order valence-electron chi connectivity index (χ2n) is 5.48. The van der Waals surface area contributed by atoms with Crippen LogP contribution in [0.4, 0.5) is 18.9 Å². The zero-order valence-electron chi connectivity index (χ0n) is 11.9. The Labute approximate surface area is 129 Å². The summed E-state index contributed by atoms with van der Waals surface area (Å²) in [6.07, 6.45) is -1.63. The molecule has 1 fully saturated rings. The van der Waals surface area contributed by atoms with Crippen LogP contribution in [-0.4, -0.2) is 10.9 Å². The number of anilines is 1. The predicted octanol–water partition coefficient (Wildman–Crippen LogP) is 3.52. The van der Waals surface area contributed by atoms with Crippen molar-refractivity contribution in [2.24, 2.45) is 0 Å². The number of aromatic amines is 1. The van der Waals surface area contributed by atoms with E-state index in [0.717, 1.165) is 24.6 Å². The van der Waals surface area contributed by atoms with E-state index in [2.05, 4.69) is 5.32 Å². The number of H-pyrrole nitrogens is 1. The molecule has 0 spiro atoms. The number of amides is 1. The quantitative estimate of drug-likeness (QED) is 0.908. The van der Waals surface area contributed by atoms with Gasteiger partial charge in [-0.05, 0) is 42.5 Å². The largest absolute Gasteiger partial charge is 0.421 e. The molecule has 1 aromatic heterocycles. The lowest BCUT2D eigenvalue weighted by atomic mass is 10.1. The van der Waals surface area contributed by atoms with Gasteiger partial charge in [0.05, 0.1) is 5.56 Å². The SMILES string of the molecule is O=C(Nc1cccc(C2CC2)c1)c1c[nH]c(=O)c(C(F)(F)F)c1. The number of carbonyl (C=O) groups is 1. The molecule has 1 heterocycles. The number of alkyl halides is 3. The summed E-state index contributed by atoms with van der Waals surface area (Å²) in [7, 11) is 0. The number of hydrogen-bond acceptors (Lipinski definition) is 2. The molecule has 23 heavy (non-hydrogen) atoms. The third-order valence-electron chi connectivity index (χ3n) is 3.66. The van der Waals surface area contributed by atoms with E-state index >= 15 is 0 Å². The van der Waals surface area contributed by atoms with Crippen molar-refractivity contribution in [3.05, 3.63) is 63.6 Å². The van der Waals surface area contributed by atoms with Gasteiger partial charge in [0.15, 0.2) is 0 Å². The summed E-state index contributed by atoms with van der Waals surface area (Å²) in [5.41, 5.74) is -1.31. The summed E-state index contributed by atoms with van der Waals surface area (Å²) in [6.45, 7) is 0. The molecule has 3 rings (SSSR count). The van der Waals surface area contributed by atoms with Crippen molar-refractivity contribution in [3.8, 4) is 0 Å². The van der Waals surface area contributed by atoms with E-state index < -0.39 is 23.2 Å². The van der Waals surface area contributed by atoms with Gasteiger partial charge in [0, 0.05) is 11.9 Å². The number of pyridine rings is 1. The molecule has 2 N–H and O–H groups in total. The average molecular weight is 322 g/mol. The summed E-state index contributed by atoms with van der Waals surface area (Å²) in [5.74, 6) is -0.212. The molecule has 7 heteroatoms. The Kier molecular flexibility index (Phi) is 3.71. The van der Waals surface area contributed by atoms with E-state index in [0.29, 0.717) is 17.7 Å². The van der Waals surface area contributed by atoms with Crippen LogP contribution in [0.2, 0.25) is 0 Å². The highest BCUT2D eigenvalue weighted by Gasteiger charge is 2.34. The minimum absolute atomic E-state index is 0.256. The van der Waals surface area contributed by atoms with Crippen molar-refractivity contribution in [2.75, 3.05) is 5.32 Å². The van der Waals surface area contributed by atoms with Gasteiger partial charge >= 0.3 is 6.18 Å². The molecule has 0 unspecified atom stereocenters. The molecule has 4 nitrogen and oxygen atoms in total.